The van der Waals surface area contributed by atoms with Crippen LogP contribution in [0.5, 0.6) is 0 Å². The van der Waals surface area contributed by atoms with Crippen LogP contribution in [0.25, 0.3) is 11.1 Å². The van der Waals surface area contributed by atoms with Gasteiger partial charge in [-0.3, -0.25) is 4.79 Å². The number of halogens is 1. The largest absolute Gasteiger partial charge is 0.441 e. The number of fused-ring (bicyclic) bond motifs is 1. The van der Waals surface area contributed by atoms with Gasteiger partial charge in [0.2, 0.25) is 0 Å². The topological polar surface area (TPSA) is 109 Å². The summed E-state index contributed by atoms with van der Waals surface area (Å²) < 4.78 is 31.8. The molecule has 2 aliphatic carbocycles. The zero-order valence-electron chi connectivity index (χ0n) is 16.2. The molecule has 7 nitrogen and oxygen atoms in total. The van der Waals surface area contributed by atoms with Crippen LogP contribution in [-0.4, -0.2) is 26.4 Å². The highest BCUT2D eigenvalue weighted by molar-refractivity contribution is 7.93. The monoisotopic (exact) mass is 447 g/mol. The van der Waals surface area contributed by atoms with Crippen LogP contribution in [0.2, 0.25) is 5.02 Å². The van der Waals surface area contributed by atoms with E-state index < -0.39 is 9.73 Å². The number of benzene rings is 1. The van der Waals surface area contributed by atoms with Gasteiger partial charge in [-0.25, -0.2) is 14.0 Å². The number of aromatic nitrogens is 1. The molecule has 3 aromatic rings. The van der Waals surface area contributed by atoms with Crippen LogP contribution in [-0.2, 0) is 9.73 Å². The van der Waals surface area contributed by atoms with Crippen molar-refractivity contribution in [1.29, 1.82) is 4.78 Å². The molecule has 1 amide bonds. The molecule has 2 saturated carbocycles. The number of oxazole rings is 1. The van der Waals surface area contributed by atoms with Gasteiger partial charge in [-0.1, -0.05) is 11.6 Å². The van der Waals surface area contributed by atoms with E-state index in [0.717, 1.165) is 55.5 Å². The average molecular weight is 448 g/mol. The fraction of sp³-hybridized carbons (Fsp3) is 0.429. The van der Waals surface area contributed by atoms with E-state index in [1.807, 2.05) is 6.07 Å². The van der Waals surface area contributed by atoms with E-state index in [9.17, 15) is 9.00 Å². The summed E-state index contributed by atoms with van der Waals surface area (Å²) in [4.78, 5) is 17.1. The Labute approximate surface area is 179 Å². The van der Waals surface area contributed by atoms with Crippen LogP contribution in [0.3, 0.4) is 0 Å². The van der Waals surface area contributed by atoms with Crippen molar-refractivity contribution in [2.24, 2.45) is 0 Å². The molecule has 0 spiro atoms. The Balaban J connectivity index is 1.20. The van der Waals surface area contributed by atoms with Crippen molar-refractivity contribution in [2.45, 2.75) is 60.8 Å². The molecule has 2 fully saturated rings. The number of nitrogens with zero attached hydrogens (tertiary/aromatic N) is 1. The Bertz CT molecular complexity index is 1200. The fourth-order valence-electron chi connectivity index (χ4n) is 4.00. The van der Waals surface area contributed by atoms with Gasteiger partial charge in [0.05, 0.1) is 5.25 Å². The minimum atomic E-state index is -2.94. The lowest BCUT2D eigenvalue weighted by Gasteiger charge is -2.27. The molecule has 2 aromatic heterocycles. The third-order valence-corrected chi connectivity index (χ3v) is 8.34. The van der Waals surface area contributed by atoms with Crippen molar-refractivity contribution >= 4 is 38.3 Å². The van der Waals surface area contributed by atoms with Gasteiger partial charge in [-0.05, 0) is 68.9 Å². The van der Waals surface area contributed by atoms with Crippen molar-refractivity contribution < 1.29 is 17.8 Å². The molecule has 1 aromatic carbocycles. The van der Waals surface area contributed by atoms with E-state index in [1.165, 1.54) is 12.1 Å². The first-order chi connectivity index (χ1) is 14.4. The molecule has 9 heteroatoms. The maximum absolute atomic E-state index is 12.5. The maximum Gasteiger partial charge on any atom is 0.287 e. The van der Waals surface area contributed by atoms with Crippen LogP contribution in [0.15, 0.2) is 44.3 Å². The van der Waals surface area contributed by atoms with Crippen molar-refractivity contribution in [2.75, 3.05) is 0 Å². The Kier molecular flexibility index (Phi) is 4.86. The number of hydrogen-bond acceptors (Lipinski definition) is 6. The summed E-state index contributed by atoms with van der Waals surface area (Å²) in [6.07, 6.45) is 4.89. The van der Waals surface area contributed by atoms with Gasteiger partial charge in [0, 0.05) is 17.0 Å². The third-order valence-electron chi connectivity index (χ3n) is 5.88. The van der Waals surface area contributed by atoms with Gasteiger partial charge in [-0.15, -0.1) is 0 Å². The average Bonchev–Trinajstić information content (AvgIpc) is 3.32. The Morgan fingerprint density at radius 2 is 1.87 bits per heavy atom. The second-order valence-corrected chi connectivity index (χ2v) is 10.8. The molecule has 0 saturated heterocycles. The first-order valence-corrected chi connectivity index (χ1v) is 12.1. The molecular formula is C21H22ClN3O4S. The van der Waals surface area contributed by atoms with Gasteiger partial charge >= 0.3 is 0 Å². The van der Waals surface area contributed by atoms with Crippen molar-refractivity contribution in [3.63, 3.8) is 0 Å². The quantitative estimate of drug-likeness (QED) is 0.565. The normalized spacial score (nSPS) is 23.9. The van der Waals surface area contributed by atoms with Gasteiger partial charge in [-0.2, -0.15) is 0 Å². The summed E-state index contributed by atoms with van der Waals surface area (Å²) in [5.41, 5.74) is 1.49. The predicted molar refractivity (Wildman–Crippen MR) is 112 cm³/mol. The minimum Gasteiger partial charge on any atom is -0.441 e. The van der Waals surface area contributed by atoms with Gasteiger partial charge < -0.3 is 14.2 Å². The summed E-state index contributed by atoms with van der Waals surface area (Å²) in [6, 6.07) is 8.46. The zero-order chi connectivity index (χ0) is 20.9. The first kappa shape index (κ1) is 19.6. The van der Waals surface area contributed by atoms with E-state index >= 15 is 0 Å². The highest BCUT2D eigenvalue weighted by Gasteiger charge is 2.36. The summed E-state index contributed by atoms with van der Waals surface area (Å²) in [7, 11) is -2.94. The number of amides is 1. The van der Waals surface area contributed by atoms with Crippen molar-refractivity contribution in [1.82, 2.24) is 10.3 Å². The standard InChI is InChI=1S/C21H22ClN3O4S/c22-13-3-8-17-16(11-13)25-21(29-17)12-1-4-14(5-2-12)24-20(26)18-9-10-19(28-18)30(23,27)15-6-7-15/h3,8-12,14-15,23H,1-2,4-7H2,(H,24,26). The van der Waals surface area contributed by atoms with E-state index in [-0.39, 0.29) is 34.0 Å². The van der Waals surface area contributed by atoms with E-state index in [4.69, 9.17) is 25.2 Å². The number of rotatable bonds is 5. The van der Waals surface area contributed by atoms with Gasteiger partial charge in [0.25, 0.3) is 5.91 Å². The molecule has 0 bridgehead atoms. The summed E-state index contributed by atoms with van der Waals surface area (Å²) >= 11 is 6.02. The SMILES string of the molecule is N=S(=O)(c1ccc(C(=O)NC2CCC(c3nc4cc(Cl)ccc4o3)CC2)o1)C1CC1. The first-order valence-electron chi connectivity index (χ1n) is 10.1. The molecule has 0 aliphatic heterocycles. The van der Waals surface area contributed by atoms with Crippen LogP contribution in [0.4, 0.5) is 0 Å². The molecule has 1 unspecified atom stereocenters. The molecule has 2 aliphatic rings. The van der Waals surface area contributed by atoms with Crippen LogP contribution in [0, 0.1) is 4.78 Å². The second-order valence-electron chi connectivity index (χ2n) is 8.10. The van der Waals surface area contributed by atoms with Crippen molar-refractivity contribution in [3.8, 4) is 0 Å². The Morgan fingerprint density at radius 1 is 1.10 bits per heavy atom. The van der Waals surface area contributed by atoms with E-state index in [0.29, 0.717) is 5.02 Å². The van der Waals surface area contributed by atoms with Crippen LogP contribution < -0.4 is 5.32 Å². The molecule has 0 radical (unpaired) electrons. The van der Waals surface area contributed by atoms with E-state index in [1.54, 1.807) is 12.1 Å². The fourth-order valence-corrected chi connectivity index (χ4v) is 5.78. The summed E-state index contributed by atoms with van der Waals surface area (Å²) in [5, 5.41) is 3.59. The number of carbonyl (C=O) groups excluding carboxylic acids is 1. The highest BCUT2D eigenvalue weighted by Crippen LogP contribution is 2.36. The molecule has 1 atom stereocenters. The van der Waals surface area contributed by atoms with Crippen LogP contribution >= 0.6 is 11.6 Å². The number of carbonyl (C=O) groups is 1. The van der Waals surface area contributed by atoms with Crippen molar-refractivity contribution in [3.05, 3.63) is 47.0 Å². The molecule has 2 N–H and O–H groups in total. The lowest BCUT2D eigenvalue weighted by Crippen LogP contribution is -2.37. The molecule has 30 heavy (non-hydrogen) atoms. The third kappa shape index (κ3) is 3.74. The minimum absolute atomic E-state index is 0.0323. The Hall–Kier alpha value is -2.32. The van der Waals surface area contributed by atoms with Crippen LogP contribution in [0.1, 0.15) is 60.9 Å². The Morgan fingerprint density at radius 3 is 2.60 bits per heavy atom. The summed E-state index contributed by atoms with van der Waals surface area (Å²) in [5.74, 6) is 0.722. The highest BCUT2D eigenvalue weighted by atomic mass is 35.5. The number of nitrogens with one attached hydrogen (secondary N) is 2. The molecule has 158 valence electrons. The lowest BCUT2D eigenvalue weighted by molar-refractivity contribution is 0.0891. The van der Waals surface area contributed by atoms with Gasteiger partial charge in [0.1, 0.15) is 15.2 Å². The molecule has 5 rings (SSSR count). The maximum atomic E-state index is 12.5. The van der Waals surface area contributed by atoms with E-state index in [2.05, 4.69) is 10.3 Å². The number of furan rings is 1. The lowest BCUT2D eigenvalue weighted by atomic mass is 9.86. The summed E-state index contributed by atoms with van der Waals surface area (Å²) in [6.45, 7) is 0. The second kappa shape index (κ2) is 7.42. The molecule has 2 heterocycles. The molecular weight excluding hydrogens is 426 g/mol. The van der Waals surface area contributed by atoms with Gasteiger partial charge in [0.15, 0.2) is 22.3 Å². The number of hydrogen-bond donors (Lipinski definition) is 2. The zero-order valence-corrected chi connectivity index (χ0v) is 17.8. The predicted octanol–water partition coefficient (Wildman–Crippen LogP) is 5.10. The smallest absolute Gasteiger partial charge is 0.287 e.